The van der Waals surface area contributed by atoms with Crippen molar-refractivity contribution in [3.8, 4) is 22.5 Å². The standard InChI is InChI=1S/C43H38ClN7O2/c1-3-4-28-50(39-29-38(41(52)53-2)45-42(44)46-39)30-31-24-26-32(27-25-31)36-22-14-15-23-37(36)40-47-48-49-51(40)43(33-16-8-5-9-17-33,34-18-10-6-11-19-34)35-20-12-7-13-21-35/h5-27,29H,3-4,28,30H2,1-2H3. The molecule has 0 saturated carbocycles. The first kappa shape index (κ1) is 35.2. The molecule has 7 aromatic rings. The number of hydrogen-bond donors (Lipinski definition) is 0. The minimum Gasteiger partial charge on any atom is -0.464 e. The summed E-state index contributed by atoms with van der Waals surface area (Å²) in [6, 6.07) is 49.5. The summed E-state index contributed by atoms with van der Waals surface area (Å²) >= 11 is 6.25. The highest BCUT2D eigenvalue weighted by Gasteiger charge is 2.42. The van der Waals surface area contributed by atoms with E-state index in [-0.39, 0.29) is 11.0 Å². The number of benzene rings is 5. The fraction of sp³-hybridized carbons (Fsp3) is 0.163. The summed E-state index contributed by atoms with van der Waals surface area (Å²) in [5, 5.41) is 13.8. The molecule has 9 nitrogen and oxygen atoms in total. The van der Waals surface area contributed by atoms with E-state index < -0.39 is 11.5 Å². The Morgan fingerprint density at radius 3 is 1.89 bits per heavy atom. The smallest absolute Gasteiger partial charge is 0.356 e. The van der Waals surface area contributed by atoms with Crippen LogP contribution in [0.1, 0.15) is 52.5 Å². The van der Waals surface area contributed by atoms with Crippen molar-refractivity contribution in [2.45, 2.75) is 31.8 Å². The van der Waals surface area contributed by atoms with Crippen molar-refractivity contribution in [2.75, 3.05) is 18.6 Å². The predicted molar refractivity (Wildman–Crippen MR) is 208 cm³/mol. The van der Waals surface area contributed by atoms with E-state index in [1.54, 1.807) is 6.07 Å². The van der Waals surface area contributed by atoms with E-state index in [0.717, 1.165) is 58.3 Å². The van der Waals surface area contributed by atoms with E-state index in [0.29, 0.717) is 18.2 Å². The highest BCUT2D eigenvalue weighted by molar-refractivity contribution is 6.28. The molecule has 0 aliphatic carbocycles. The number of aromatic nitrogens is 6. The van der Waals surface area contributed by atoms with Crippen molar-refractivity contribution in [1.82, 2.24) is 30.2 Å². The number of anilines is 1. The van der Waals surface area contributed by atoms with Gasteiger partial charge in [-0.3, -0.25) is 0 Å². The summed E-state index contributed by atoms with van der Waals surface area (Å²) in [5.74, 6) is 0.640. The zero-order valence-corrected chi connectivity index (χ0v) is 30.3. The molecule has 0 bridgehead atoms. The first-order valence-electron chi connectivity index (χ1n) is 17.5. The van der Waals surface area contributed by atoms with Gasteiger partial charge >= 0.3 is 5.97 Å². The second-order valence-electron chi connectivity index (χ2n) is 12.6. The second kappa shape index (κ2) is 16.0. The van der Waals surface area contributed by atoms with E-state index in [1.807, 2.05) is 35.0 Å². The van der Waals surface area contributed by atoms with Crippen LogP contribution in [0.2, 0.25) is 5.28 Å². The second-order valence-corrected chi connectivity index (χ2v) is 13.0. The Labute approximate surface area is 313 Å². The summed E-state index contributed by atoms with van der Waals surface area (Å²) in [6.07, 6.45) is 1.93. The monoisotopic (exact) mass is 719 g/mol. The van der Waals surface area contributed by atoms with Crippen LogP contribution < -0.4 is 4.90 Å². The molecular formula is C43H38ClN7O2. The van der Waals surface area contributed by atoms with Crippen LogP contribution in [-0.4, -0.2) is 49.8 Å². The first-order valence-corrected chi connectivity index (χ1v) is 17.9. The van der Waals surface area contributed by atoms with E-state index in [2.05, 4.69) is 136 Å². The van der Waals surface area contributed by atoms with Crippen molar-refractivity contribution in [3.63, 3.8) is 0 Å². The number of carbonyl (C=O) groups excluding carboxylic acids is 1. The summed E-state index contributed by atoms with van der Waals surface area (Å²) in [4.78, 5) is 22.9. The Balaban J connectivity index is 1.29. The Morgan fingerprint density at radius 1 is 0.755 bits per heavy atom. The SMILES string of the molecule is CCCCN(Cc1ccc(-c2ccccc2-c2nnnn2C(c2ccccc2)(c2ccccc2)c2ccccc2)cc1)c1cc(C(=O)OC)nc(Cl)n1. The van der Waals surface area contributed by atoms with Gasteiger partial charge in [-0.15, -0.1) is 5.10 Å². The van der Waals surface area contributed by atoms with Crippen LogP contribution in [-0.2, 0) is 16.8 Å². The number of rotatable bonds is 13. The van der Waals surface area contributed by atoms with Gasteiger partial charge in [0.05, 0.1) is 7.11 Å². The molecule has 0 unspecified atom stereocenters. The van der Waals surface area contributed by atoms with Gasteiger partial charge in [0.15, 0.2) is 11.5 Å². The molecule has 0 saturated heterocycles. The largest absolute Gasteiger partial charge is 0.464 e. The third-order valence-electron chi connectivity index (χ3n) is 9.35. The fourth-order valence-electron chi connectivity index (χ4n) is 6.83. The number of carbonyl (C=O) groups is 1. The molecule has 264 valence electrons. The zero-order valence-electron chi connectivity index (χ0n) is 29.5. The third-order valence-corrected chi connectivity index (χ3v) is 9.52. The highest BCUT2D eigenvalue weighted by Crippen LogP contribution is 2.43. The Hall–Kier alpha value is -6.19. The zero-order chi connectivity index (χ0) is 36.6. The quantitative estimate of drug-likeness (QED) is 0.0662. The molecule has 0 amide bonds. The normalized spacial score (nSPS) is 11.3. The van der Waals surface area contributed by atoms with Crippen molar-refractivity contribution in [3.05, 3.63) is 179 Å². The molecule has 53 heavy (non-hydrogen) atoms. The lowest BCUT2D eigenvalue weighted by Gasteiger charge is -2.36. The van der Waals surface area contributed by atoms with Crippen LogP contribution in [0.5, 0.6) is 0 Å². The molecule has 7 rings (SSSR count). The number of nitrogens with zero attached hydrogens (tertiary/aromatic N) is 7. The number of esters is 1. The molecule has 10 heteroatoms. The lowest BCUT2D eigenvalue weighted by atomic mass is 9.77. The van der Waals surface area contributed by atoms with Gasteiger partial charge in [-0.25, -0.2) is 19.4 Å². The van der Waals surface area contributed by atoms with Crippen molar-refractivity contribution < 1.29 is 9.53 Å². The van der Waals surface area contributed by atoms with E-state index in [4.69, 9.17) is 26.6 Å². The maximum absolute atomic E-state index is 12.3. The topological polar surface area (TPSA) is 98.9 Å². The van der Waals surface area contributed by atoms with Gasteiger partial charge in [-0.05, 0) is 61.8 Å². The number of ether oxygens (including phenoxy) is 1. The van der Waals surface area contributed by atoms with Gasteiger partial charge in [-0.1, -0.05) is 153 Å². The average molecular weight is 720 g/mol. The van der Waals surface area contributed by atoms with Crippen LogP contribution in [0.15, 0.2) is 146 Å². The summed E-state index contributed by atoms with van der Waals surface area (Å²) < 4.78 is 6.85. The van der Waals surface area contributed by atoms with Gasteiger partial charge < -0.3 is 9.64 Å². The van der Waals surface area contributed by atoms with E-state index >= 15 is 0 Å². The van der Waals surface area contributed by atoms with Crippen LogP contribution in [0.4, 0.5) is 5.82 Å². The molecule has 0 aliphatic heterocycles. The third kappa shape index (κ3) is 7.16. The number of tetrazole rings is 1. The highest BCUT2D eigenvalue weighted by atomic mass is 35.5. The first-order chi connectivity index (χ1) is 26.0. The van der Waals surface area contributed by atoms with Gasteiger partial charge in [0.25, 0.3) is 0 Å². The molecule has 0 spiro atoms. The average Bonchev–Trinajstić information content (AvgIpc) is 3.71. The maximum atomic E-state index is 12.3. The van der Waals surface area contributed by atoms with Gasteiger partial charge in [-0.2, -0.15) is 0 Å². The molecule has 0 fully saturated rings. The minimum absolute atomic E-state index is 0.00509. The van der Waals surface area contributed by atoms with Crippen LogP contribution >= 0.6 is 11.6 Å². The van der Waals surface area contributed by atoms with E-state index in [1.165, 1.54) is 7.11 Å². The molecule has 0 atom stereocenters. The van der Waals surface area contributed by atoms with Crippen LogP contribution in [0, 0.1) is 0 Å². The molecule has 2 heterocycles. The maximum Gasteiger partial charge on any atom is 0.356 e. The van der Waals surface area contributed by atoms with Gasteiger partial charge in [0.2, 0.25) is 5.28 Å². The molecule has 0 aliphatic rings. The minimum atomic E-state index is -0.876. The molecular weight excluding hydrogens is 682 g/mol. The van der Waals surface area contributed by atoms with Gasteiger partial charge in [0, 0.05) is 24.7 Å². The van der Waals surface area contributed by atoms with Crippen LogP contribution in [0.25, 0.3) is 22.5 Å². The van der Waals surface area contributed by atoms with Crippen molar-refractivity contribution >= 4 is 23.4 Å². The molecule has 2 aromatic heterocycles. The van der Waals surface area contributed by atoms with Gasteiger partial charge in [0.1, 0.15) is 11.4 Å². The fourth-order valence-corrected chi connectivity index (χ4v) is 7.00. The Kier molecular flexibility index (Phi) is 10.6. The predicted octanol–water partition coefficient (Wildman–Crippen LogP) is 8.88. The summed E-state index contributed by atoms with van der Waals surface area (Å²) in [6.45, 7) is 3.42. The number of hydrogen-bond acceptors (Lipinski definition) is 8. The molecule has 0 N–H and O–H groups in total. The van der Waals surface area contributed by atoms with Crippen molar-refractivity contribution in [1.29, 1.82) is 0 Å². The number of unbranched alkanes of at least 4 members (excludes halogenated alkanes) is 1. The number of halogens is 1. The lowest BCUT2D eigenvalue weighted by molar-refractivity contribution is 0.0594. The molecule has 5 aromatic carbocycles. The lowest BCUT2D eigenvalue weighted by Crippen LogP contribution is -2.39. The Bertz CT molecular complexity index is 2190. The summed E-state index contributed by atoms with van der Waals surface area (Å²) in [7, 11) is 1.32. The summed E-state index contributed by atoms with van der Waals surface area (Å²) in [5.41, 5.74) is 6.31. The van der Waals surface area contributed by atoms with E-state index in [9.17, 15) is 4.79 Å². The molecule has 0 radical (unpaired) electrons. The van der Waals surface area contributed by atoms with Crippen molar-refractivity contribution in [2.24, 2.45) is 0 Å². The van der Waals surface area contributed by atoms with Crippen LogP contribution in [0.3, 0.4) is 0 Å². The number of methoxy groups -OCH3 is 1. The Morgan fingerprint density at radius 2 is 1.32 bits per heavy atom.